The molecule has 0 saturated carbocycles. The molecule has 7 nitrogen and oxygen atoms in total. The third-order valence-electron chi connectivity index (χ3n) is 4.18. The van der Waals surface area contributed by atoms with E-state index in [0.29, 0.717) is 11.1 Å². The summed E-state index contributed by atoms with van der Waals surface area (Å²) in [6, 6.07) is 6.21. The highest BCUT2D eigenvalue weighted by atomic mass is 19.4. The molecule has 1 aromatic heterocycles. The Morgan fingerprint density at radius 1 is 1.23 bits per heavy atom. The topological polar surface area (TPSA) is 85.2 Å². The minimum absolute atomic E-state index is 0.0362. The molecular weight excluding hydrogens is 401 g/mol. The summed E-state index contributed by atoms with van der Waals surface area (Å²) in [6.07, 6.45) is -2.49. The maximum atomic E-state index is 12.9. The van der Waals surface area contributed by atoms with Crippen LogP contribution in [0.15, 0.2) is 47.0 Å². The van der Waals surface area contributed by atoms with Crippen LogP contribution in [0.4, 0.5) is 13.2 Å². The van der Waals surface area contributed by atoms with E-state index in [1.807, 2.05) is 13.0 Å². The van der Waals surface area contributed by atoms with Crippen molar-refractivity contribution in [1.82, 2.24) is 10.3 Å². The smallest absolute Gasteiger partial charge is 0.398 e. The fraction of sp³-hybridized carbons (Fsp3) is 0.300. The lowest BCUT2D eigenvalue weighted by molar-refractivity contribution is -0.137. The lowest BCUT2D eigenvalue weighted by atomic mass is 9.98. The summed E-state index contributed by atoms with van der Waals surface area (Å²) in [4.78, 5) is 25.9. The molecule has 1 N–H and O–H groups in total. The first kappa shape index (κ1) is 22.9. The van der Waals surface area contributed by atoms with Gasteiger partial charge in [-0.05, 0) is 25.5 Å². The van der Waals surface area contributed by atoms with Crippen molar-refractivity contribution in [1.29, 1.82) is 0 Å². The second-order valence-electron chi connectivity index (χ2n) is 6.21. The summed E-state index contributed by atoms with van der Waals surface area (Å²) in [5, 5.41) is 10.2. The number of aromatic nitrogens is 1. The standard InChI is InChI=1S/C20H21F3N4O3/c1-12-6-5-7-16(18(27-29-4)19(28)24-3)17(12)11-30-26-13(2)14-8-15(10-25-9-14)20(21,22)23/h5-10H,11H2,1-4H3,(H,24,28)/b26-13+,27-18+. The number of alkyl halides is 3. The molecule has 30 heavy (non-hydrogen) atoms. The zero-order chi connectivity index (χ0) is 22.3. The van der Waals surface area contributed by atoms with Crippen molar-refractivity contribution in [3.63, 3.8) is 0 Å². The molecule has 0 aliphatic heterocycles. The Kier molecular flexibility index (Phi) is 7.51. The number of likely N-dealkylation sites (N-methyl/N-ethyl adjacent to an activating group) is 1. The number of pyridine rings is 1. The van der Waals surface area contributed by atoms with Crippen LogP contribution in [0.3, 0.4) is 0 Å². The molecule has 1 heterocycles. The fourth-order valence-corrected chi connectivity index (χ4v) is 2.58. The molecule has 2 aromatic rings. The summed E-state index contributed by atoms with van der Waals surface area (Å²) >= 11 is 0. The number of benzene rings is 1. The number of nitrogens with zero attached hydrogens (tertiary/aromatic N) is 3. The van der Waals surface area contributed by atoms with Crippen LogP contribution in [0.1, 0.15) is 34.7 Å². The molecule has 1 aromatic carbocycles. The molecule has 2 rings (SSSR count). The predicted molar refractivity (Wildman–Crippen MR) is 105 cm³/mol. The van der Waals surface area contributed by atoms with Crippen LogP contribution in [0.25, 0.3) is 0 Å². The quantitative estimate of drug-likeness (QED) is 0.547. The molecule has 0 bridgehead atoms. The predicted octanol–water partition coefficient (Wildman–Crippen LogP) is 3.45. The number of hydrogen-bond donors (Lipinski definition) is 1. The van der Waals surface area contributed by atoms with Gasteiger partial charge in [-0.1, -0.05) is 28.5 Å². The van der Waals surface area contributed by atoms with Gasteiger partial charge in [0, 0.05) is 36.1 Å². The van der Waals surface area contributed by atoms with Gasteiger partial charge in [0.2, 0.25) is 0 Å². The third-order valence-corrected chi connectivity index (χ3v) is 4.18. The van der Waals surface area contributed by atoms with Gasteiger partial charge < -0.3 is 15.0 Å². The van der Waals surface area contributed by atoms with E-state index >= 15 is 0 Å². The van der Waals surface area contributed by atoms with E-state index in [0.717, 1.165) is 17.8 Å². The van der Waals surface area contributed by atoms with Crippen molar-refractivity contribution in [2.24, 2.45) is 10.3 Å². The van der Waals surface area contributed by atoms with Crippen molar-refractivity contribution >= 4 is 17.3 Å². The van der Waals surface area contributed by atoms with Crippen molar-refractivity contribution in [3.8, 4) is 0 Å². The zero-order valence-electron chi connectivity index (χ0n) is 16.9. The van der Waals surface area contributed by atoms with Crippen molar-refractivity contribution in [2.75, 3.05) is 14.2 Å². The second-order valence-corrected chi connectivity index (χ2v) is 6.21. The van der Waals surface area contributed by atoms with Gasteiger partial charge in [0.25, 0.3) is 5.91 Å². The Labute approximate surface area is 171 Å². The van der Waals surface area contributed by atoms with Crippen LogP contribution in [0, 0.1) is 6.92 Å². The van der Waals surface area contributed by atoms with Crippen molar-refractivity contribution in [3.05, 3.63) is 64.5 Å². The van der Waals surface area contributed by atoms with Crippen LogP contribution in [-0.2, 0) is 27.3 Å². The number of carbonyl (C=O) groups is 1. The molecule has 0 saturated heterocycles. The zero-order valence-corrected chi connectivity index (χ0v) is 16.9. The Morgan fingerprint density at radius 2 is 1.97 bits per heavy atom. The number of aryl methyl sites for hydroxylation is 1. The van der Waals surface area contributed by atoms with E-state index in [4.69, 9.17) is 9.68 Å². The summed E-state index contributed by atoms with van der Waals surface area (Å²) in [6.45, 7) is 3.30. The van der Waals surface area contributed by atoms with Crippen LogP contribution >= 0.6 is 0 Å². The summed E-state index contributed by atoms with van der Waals surface area (Å²) in [5.74, 6) is -0.446. The second kappa shape index (κ2) is 9.86. The molecule has 1 amide bonds. The molecule has 0 atom stereocenters. The molecule has 160 valence electrons. The van der Waals surface area contributed by atoms with Crippen LogP contribution < -0.4 is 5.32 Å². The number of halogens is 3. The fourth-order valence-electron chi connectivity index (χ4n) is 2.58. The Bertz CT molecular complexity index is 972. The van der Waals surface area contributed by atoms with E-state index in [1.165, 1.54) is 27.3 Å². The average molecular weight is 422 g/mol. The van der Waals surface area contributed by atoms with Gasteiger partial charge in [-0.25, -0.2) is 0 Å². The summed E-state index contributed by atoms with van der Waals surface area (Å²) in [7, 11) is 2.79. The van der Waals surface area contributed by atoms with E-state index in [9.17, 15) is 18.0 Å². The van der Waals surface area contributed by atoms with E-state index < -0.39 is 17.6 Å². The van der Waals surface area contributed by atoms with Gasteiger partial charge in [0.05, 0.1) is 11.3 Å². The normalized spacial score (nSPS) is 12.5. The number of amides is 1. The van der Waals surface area contributed by atoms with Gasteiger partial charge in [0.15, 0.2) is 5.71 Å². The molecule has 0 aliphatic rings. The highest BCUT2D eigenvalue weighted by Gasteiger charge is 2.31. The van der Waals surface area contributed by atoms with Gasteiger partial charge in [-0.15, -0.1) is 0 Å². The monoisotopic (exact) mass is 422 g/mol. The minimum Gasteiger partial charge on any atom is -0.398 e. The van der Waals surface area contributed by atoms with Crippen molar-refractivity contribution in [2.45, 2.75) is 26.6 Å². The molecule has 0 unspecified atom stereocenters. The Balaban J connectivity index is 2.28. The third kappa shape index (κ3) is 5.56. The number of oxime groups is 2. The van der Waals surface area contributed by atoms with E-state index in [1.54, 1.807) is 12.1 Å². The Hall–Kier alpha value is -3.43. The first-order chi connectivity index (χ1) is 14.2. The SMILES string of the molecule is CNC(=O)/C(=N/OC)c1cccc(C)c1CO/N=C(\C)c1cncc(C(F)(F)F)c1. The molecule has 0 fully saturated rings. The number of nitrogens with one attached hydrogen (secondary N) is 1. The largest absolute Gasteiger partial charge is 0.417 e. The van der Waals surface area contributed by atoms with Crippen LogP contribution in [0.2, 0.25) is 0 Å². The summed E-state index contributed by atoms with van der Waals surface area (Å²) in [5.41, 5.74) is 1.53. The lowest BCUT2D eigenvalue weighted by Gasteiger charge is -2.13. The molecule has 10 heteroatoms. The van der Waals surface area contributed by atoms with Crippen molar-refractivity contribution < 1.29 is 27.6 Å². The highest BCUT2D eigenvalue weighted by Crippen LogP contribution is 2.29. The maximum Gasteiger partial charge on any atom is 0.417 e. The summed E-state index contributed by atoms with van der Waals surface area (Å²) < 4.78 is 38.6. The molecule has 0 radical (unpaired) electrons. The first-order valence-electron chi connectivity index (χ1n) is 8.80. The average Bonchev–Trinajstić information content (AvgIpc) is 2.72. The molecule has 0 aliphatic carbocycles. The molecular formula is C20H21F3N4O3. The van der Waals surface area contributed by atoms with Gasteiger partial charge >= 0.3 is 6.18 Å². The van der Waals surface area contributed by atoms with Gasteiger partial charge in [-0.3, -0.25) is 9.78 Å². The van der Waals surface area contributed by atoms with E-state index in [-0.39, 0.29) is 23.6 Å². The lowest BCUT2D eigenvalue weighted by Crippen LogP contribution is -2.29. The number of hydrogen-bond acceptors (Lipinski definition) is 6. The number of carbonyl (C=O) groups excluding carboxylic acids is 1. The van der Waals surface area contributed by atoms with Gasteiger partial charge in [-0.2, -0.15) is 13.2 Å². The van der Waals surface area contributed by atoms with Gasteiger partial charge in [0.1, 0.15) is 13.7 Å². The number of rotatable bonds is 7. The minimum atomic E-state index is -4.50. The van der Waals surface area contributed by atoms with Crippen LogP contribution in [0.5, 0.6) is 0 Å². The van der Waals surface area contributed by atoms with E-state index in [2.05, 4.69) is 20.6 Å². The molecule has 0 spiro atoms. The van der Waals surface area contributed by atoms with Crippen LogP contribution in [-0.4, -0.2) is 36.5 Å². The Morgan fingerprint density at radius 3 is 2.60 bits per heavy atom. The first-order valence-corrected chi connectivity index (χ1v) is 8.80. The highest BCUT2D eigenvalue weighted by molar-refractivity contribution is 6.45. The maximum absolute atomic E-state index is 12.9.